The minimum atomic E-state index is 0.0117. The first-order valence-electron chi connectivity index (χ1n) is 10.1. The zero-order valence-electron chi connectivity index (χ0n) is 16.6. The van der Waals surface area contributed by atoms with E-state index in [4.69, 9.17) is 21.1 Å². The summed E-state index contributed by atoms with van der Waals surface area (Å²) in [6.07, 6.45) is 3.50. The Hall–Kier alpha value is -2.31. The van der Waals surface area contributed by atoms with Gasteiger partial charge in [0, 0.05) is 62.0 Å². The van der Waals surface area contributed by atoms with Crippen molar-refractivity contribution in [3.63, 3.8) is 0 Å². The van der Waals surface area contributed by atoms with E-state index in [1.165, 1.54) is 5.56 Å². The second-order valence-electron chi connectivity index (χ2n) is 7.52. The average molecular weight is 416 g/mol. The highest BCUT2D eigenvalue weighted by Gasteiger charge is 2.24. The number of pyridine rings is 1. The van der Waals surface area contributed by atoms with Gasteiger partial charge in [0.15, 0.2) is 0 Å². The van der Waals surface area contributed by atoms with Crippen molar-refractivity contribution in [1.82, 2.24) is 9.88 Å². The monoisotopic (exact) mass is 415 g/mol. The van der Waals surface area contributed by atoms with Gasteiger partial charge in [-0.05, 0) is 30.7 Å². The van der Waals surface area contributed by atoms with Gasteiger partial charge in [-0.15, -0.1) is 0 Å². The second-order valence-corrected chi connectivity index (χ2v) is 7.96. The van der Waals surface area contributed by atoms with Crippen LogP contribution in [0.5, 0.6) is 5.88 Å². The van der Waals surface area contributed by atoms with Crippen molar-refractivity contribution in [2.75, 3.05) is 44.3 Å². The number of aryl methyl sites for hydroxylation is 1. The molecular formula is C22H26ClN3O3. The highest BCUT2D eigenvalue weighted by molar-refractivity contribution is 6.30. The maximum Gasteiger partial charge on any atom is 0.255 e. The molecule has 0 bridgehead atoms. The molecule has 1 amide bonds. The molecule has 3 heterocycles. The minimum Gasteiger partial charge on any atom is -0.474 e. The van der Waals surface area contributed by atoms with E-state index < -0.39 is 0 Å². The Morgan fingerprint density at radius 2 is 1.90 bits per heavy atom. The van der Waals surface area contributed by atoms with Gasteiger partial charge in [-0.1, -0.05) is 17.7 Å². The lowest BCUT2D eigenvalue weighted by atomic mass is 10.1. The SMILES string of the molecule is Cc1ccc(Cl)cc1N1CCN(C(=O)c2ccc(OC3CCOCC3)nc2)CC1. The number of anilines is 1. The van der Waals surface area contributed by atoms with Crippen LogP contribution in [-0.2, 0) is 4.74 Å². The highest BCUT2D eigenvalue weighted by atomic mass is 35.5. The van der Waals surface area contributed by atoms with Crippen LogP contribution in [0.2, 0.25) is 5.02 Å². The van der Waals surface area contributed by atoms with Gasteiger partial charge in [-0.3, -0.25) is 4.79 Å². The summed E-state index contributed by atoms with van der Waals surface area (Å²) in [7, 11) is 0. The van der Waals surface area contributed by atoms with E-state index in [0.29, 0.717) is 24.5 Å². The zero-order valence-corrected chi connectivity index (χ0v) is 17.4. The van der Waals surface area contributed by atoms with Gasteiger partial charge < -0.3 is 19.3 Å². The number of rotatable bonds is 4. The molecule has 154 valence electrons. The van der Waals surface area contributed by atoms with Crippen LogP contribution in [0.25, 0.3) is 0 Å². The summed E-state index contributed by atoms with van der Waals surface area (Å²) < 4.78 is 11.2. The van der Waals surface area contributed by atoms with Crippen molar-refractivity contribution in [2.45, 2.75) is 25.9 Å². The first-order valence-corrected chi connectivity index (χ1v) is 10.5. The number of piperazine rings is 1. The summed E-state index contributed by atoms with van der Waals surface area (Å²) in [4.78, 5) is 21.4. The molecule has 7 heteroatoms. The molecule has 0 atom stereocenters. The van der Waals surface area contributed by atoms with Gasteiger partial charge in [-0.2, -0.15) is 0 Å². The molecule has 29 heavy (non-hydrogen) atoms. The third-order valence-corrected chi connectivity index (χ3v) is 5.75. The standard InChI is InChI=1S/C22H26ClN3O3/c1-16-2-4-18(23)14-20(16)25-8-10-26(11-9-25)22(27)17-3-5-21(24-15-17)29-19-6-12-28-13-7-19/h2-5,14-15,19H,6-13H2,1H3. The van der Waals surface area contributed by atoms with Crippen LogP contribution < -0.4 is 9.64 Å². The predicted molar refractivity (Wildman–Crippen MR) is 113 cm³/mol. The first-order chi connectivity index (χ1) is 14.1. The number of carbonyl (C=O) groups excluding carboxylic acids is 1. The number of hydrogen-bond acceptors (Lipinski definition) is 5. The highest BCUT2D eigenvalue weighted by Crippen LogP contribution is 2.25. The molecule has 6 nitrogen and oxygen atoms in total. The van der Waals surface area contributed by atoms with Crippen molar-refractivity contribution >= 4 is 23.2 Å². The van der Waals surface area contributed by atoms with Crippen LogP contribution in [0.4, 0.5) is 5.69 Å². The molecule has 0 saturated carbocycles. The van der Waals surface area contributed by atoms with Crippen LogP contribution in [0.15, 0.2) is 36.5 Å². The quantitative estimate of drug-likeness (QED) is 0.764. The Bertz CT molecular complexity index is 845. The van der Waals surface area contributed by atoms with Crippen molar-refractivity contribution in [2.24, 2.45) is 0 Å². The lowest BCUT2D eigenvalue weighted by Gasteiger charge is -2.37. The van der Waals surface area contributed by atoms with Crippen LogP contribution in [0.3, 0.4) is 0 Å². The van der Waals surface area contributed by atoms with Gasteiger partial charge in [0.2, 0.25) is 5.88 Å². The first kappa shape index (κ1) is 20.0. The van der Waals surface area contributed by atoms with Gasteiger partial charge in [0.1, 0.15) is 6.10 Å². The normalized spacial score (nSPS) is 18.0. The molecule has 2 aliphatic rings. The summed E-state index contributed by atoms with van der Waals surface area (Å²) >= 11 is 6.15. The molecule has 1 aromatic carbocycles. The molecule has 0 N–H and O–H groups in total. The zero-order chi connectivity index (χ0) is 20.2. The molecule has 0 spiro atoms. The molecule has 4 rings (SSSR count). The molecule has 2 aromatic rings. The third-order valence-electron chi connectivity index (χ3n) is 5.52. The Balaban J connectivity index is 1.34. The van der Waals surface area contributed by atoms with Crippen LogP contribution >= 0.6 is 11.6 Å². The van der Waals surface area contributed by atoms with E-state index >= 15 is 0 Å². The van der Waals surface area contributed by atoms with Gasteiger partial charge in [0.05, 0.1) is 18.8 Å². The fraction of sp³-hybridized carbons (Fsp3) is 0.455. The summed E-state index contributed by atoms with van der Waals surface area (Å²) in [6, 6.07) is 9.52. The van der Waals surface area contributed by atoms with E-state index in [2.05, 4.69) is 16.8 Å². The number of hydrogen-bond donors (Lipinski definition) is 0. The van der Waals surface area contributed by atoms with Gasteiger partial charge in [0.25, 0.3) is 5.91 Å². The Labute approximate surface area is 176 Å². The van der Waals surface area contributed by atoms with Crippen molar-refractivity contribution in [3.8, 4) is 5.88 Å². The number of benzene rings is 1. The summed E-state index contributed by atoms with van der Waals surface area (Å²) in [6.45, 7) is 6.44. The second kappa shape index (κ2) is 9.01. The van der Waals surface area contributed by atoms with E-state index in [9.17, 15) is 4.79 Å². The number of carbonyl (C=O) groups is 1. The number of halogens is 1. The molecular weight excluding hydrogens is 390 g/mol. The predicted octanol–water partition coefficient (Wildman–Crippen LogP) is 3.56. The van der Waals surface area contributed by atoms with E-state index in [0.717, 1.165) is 49.9 Å². The Morgan fingerprint density at radius 1 is 1.14 bits per heavy atom. The van der Waals surface area contributed by atoms with E-state index in [1.54, 1.807) is 18.3 Å². The smallest absolute Gasteiger partial charge is 0.255 e. The fourth-order valence-electron chi connectivity index (χ4n) is 3.80. The average Bonchev–Trinajstić information content (AvgIpc) is 2.76. The van der Waals surface area contributed by atoms with E-state index in [1.807, 2.05) is 23.1 Å². The van der Waals surface area contributed by atoms with Crippen molar-refractivity contribution in [1.29, 1.82) is 0 Å². The molecule has 0 unspecified atom stereocenters. The molecule has 2 saturated heterocycles. The van der Waals surface area contributed by atoms with Gasteiger partial charge >= 0.3 is 0 Å². The van der Waals surface area contributed by atoms with Crippen molar-refractivity contribution < 1.29 is 14.3 Å². The topological polar surface area (TPSA) is 54.9 Å². The molecule has 2 aliphatic heterocycles. The number of amides is 1. The maximum absolute atomic E-state index is 12.9. The minimum absolute atomic E-state index is 0.0117. The third kappa shape index (κ3) is 4.82. The summed E-state index contributed by atoms with van der Waals surface area (Å²) in [5, 5.41) is 0.734. The maximum atomic E-state index is 12.9. The number of aromatic nitrogens is 1. The van der Waals surface area contributed by atoms with Gasteiger partial charge in [-0.25, -0.2) is 4.98 Å². The van der Waals surface area contributed by atoms with E-state index in [-0.39, 0.29) is 12.0 Å². The number of nitrogens with zero attached hydrogens (tertiary/aromatic N) is 3. The fourth-order valence-corrected chi connectivity index (χ4v) is 3.96. The van der Waals surface area contributed by atoms with Crippen LogP contribution in [0.1, 0.15) is 28.8 Å². The molecule has 0 aliphatic carbocycles. The molecule has 2 fully saturated rings. The molecule has 1 aromatic heterocycles. The van der Waals surface area contributed by atoms with Crippen molar-refractivity contribution in [3.05, 3.63) is 52.7 Å². The lowest BCUT2D eigenvalue weighted by molar-refractivity contribution is 0.0237. The Kier molecular flexibility index (Phi) is 6.21. The molecule has 0 radical (unpaired) electrons. The largest absolute Gasteiger partial charge is 0.474 e. The number of ether oxygens (including phenoxy) is 2. The van der Waals surface area contributed by atoms with Crippen LogP contribution in [0, 0.1) is 6.92 Å². The summed E-state index contributed by atoms with van der Waals surface area (Å²) in [5.74, 6) is 0.576. The lowest BCUT2D eigenvalue weighted by Crippen LogP contribution is -2.49. The summed E-state index contributed by atoms with van der Waals surface area (Å²) in [5.41, 5.74) is 2.93. The van der Waals surface area contributed by atoms with Crippen LogP contribution in [-0.4, -0.2) is 61.3 Å². The Morgan fingerprint density at radius 3 is 2.59 bits per heavy atom.